The fourth-order valence-electron chi connectivity index (χ4n) is 2.06. The molecule has 0 fully saturated rings. The highest BCUT2D eigenvalue weighted by Gasteiger charge is 2.21. The van der Waals surface area contributed by atoms with E-state index in [0.717, 1.165) is 0 Å². The van der Waals surface area contributed by atoms with Gasteiger partial charge in [-0.05, 0) is 18.2 Å². The molecule has 0 aliphatic heterocycles. The predicted octanol–water partition coefficient (Wildman–Crippen LogP) is 3.18. The smallest absolute Gasteiger partial charge is 0.338 e. The molecule has 0 unspecified atom stereocenters. The van der Waals surface area contributed by atoms with Gasteiger partial charge in [-0.3, -0.25) is 4.79 Å². The fourth-order valence-corrected chi connectivity index (χ4v) is 2.06. The van der Waals surface area contributed by atoms with Gasteiger partial charge in [-0.2, -0.15) is 0 Å². The molecule has 1 amide bonds. The molecule has 1 heterocycles. The van der Waals surface area contributed by atoms with E-state index in [1.54, 1.807) is 5.32 Å². The monoisotopic (exact) mass is 368 g/mol. The van der Waals surface area contributed by atoms with Crippen LogP contribution in [0.3, 0.4) is 0 Å². The molecule has 26 heavy (non-hydrogen) atoms. The number of benzene rings is 2. The van der Waals surface area contributed by atoms with Crippen molar-refractivity contribution in [1.29, 1.82) is 0 Å². The minimum absolute atomic E-state index is 0.000391. The van der Waals surface area contributed by atoms with Crippen LogP contribution in [-0.4, -0.2) is 23.5 Å². The third kappa shape index (κ3) is 3.34. The largest absolute Gasteiger partial charge is 0.452 e. The van der Waals surface area contributed by atoms with Crippen molar-refractivity contribution in [1.82, 2.24) is 4.98 Å². The third-order valence-corrected chi connectivity index (χ3v) is 3.28. The van der Waals surface area contributed by atoms with E-state index in [-0.39, 0.29) is 11.6 Å². The molecule has 6 nitrogen and oxygen atoms in total. The number of esters is 1. The number of hydrogen-bond acceptors (Lipinski definition) is 5. The van der Waals surface area contributed by atoms with Gasteiger partial charge in [0.2, 0.25) is 0 Å². The zero-order valence-corrected chi connectivity index (χ0v) is 12.7. The first-order valence-electron chi connectivity index (χ1n) is 7.00. The molecular formula is C16H8F4N2O4. The Kier molecular flexibility index (Phi) is 4.57. The Balaban J connectivity index is 1.66. The van der Waals surface area contributed by atoms with Crippen molar-refractivity contribution in [3.63, 3.8) is 0 Å². The van der Waals surface area contributed by atoms with E-state index < -0.39 is 47.4 Å². The molecule has 0 aliphatic rings. The van der Waals surface area contributed by atoms with Crippen molar-refractivity contribution in [3.05, 3.63) is 59.5 Å². The molecule has 3 aromatic rings. The van der Waals surface area contributed by atoms with Gasteiger partial charge in [-0.25, -0.2) is 27.3 Å². The van der Waals surface area contributed by atoms with Crippen molar-refractivity contribution in [2.75, 3.05) is 11.9 Å². The van der Waals surface area contributed by atoms with E-state index >= 15 is 0 Å². The van der Waals surface area contributed by atoms with Crippen LogP contribution < -0.4 is 5.32 Å². The molecule has 3 rings (SSSR count). The Morgan fingerprint density at radius 3 is 2.46 bits per heavy atom. The second-order valence-corrected chi connectivity index (χ2v) is 5.00. The molecule has 0 saturated carbocycles. The number of halogens is 4. The number of rotatable bonds is 4. The van der Waals surface area contributed by atoms with E-state index in [1.165, 1.54) is 24.6 Å². The van der Waals surface area contributed by atoms with Gasteiger partial charge in [0.15, 0.2) is 41.9 Å². The Hall–Kier alpha value is -3.43. The highest BCUT2D eigenvalue weighted by Crippen LogP contribution is 2.24. The van der Waals surface area contributed by atoms with Gasteiger partial charge in [0.25, 0.3) is 5.91 Å². The Morgan fingerprint density at radius 2 is 1.77 bits per heavy atom. The molecule has 1 aromatic heterocycles. The highest BCUT2D eigenvalue weighted by atomic mass is 19.2. The van der Waals surface area contributed by atoms with Crippen molar-refractivity contribution in [2.24, 2.45) is 0 Å². The van der Waals surface area contributed by atoms with Crippen LogP contribution in [0, 0.1) is 23.3 Å². The topological polar surface area (TPSA) is 81.4 Å². The summed E-state index contributed by atoms with van der Waals surface area (Å²) in [5.74, 6) is -9.03. The van der Waals surface area contributed by atoms with E-state index in [0.29, 0.717) is 11.1 Å². The van der Waals surface area contributed by atoms with Crippen LogP contribution in [0.4, 0.5) is 23.2 Å². The van der Waals surface area contributed by atoms with E-state index in [1.807, 2.05) is 0 Å². The van der Waals surface area contributed by atoms with Gasteiger partial charge in [0, 0.05) is 6.07 Å². The van der Waals surface area contributed by atoms with Gasteiger partial charge in [-0.1, -0.05) is 0 Å². The van der Waals surface area contributed by atoms with Gasteiger partial charge in [0.1, 0.15) is 11.2 Å². The quantitative estimate of drug-likeness (QED) is 0.435. The van der Waals surface area contributed by atoms with E-state index in [2.05, 4.69) is 9.72 Å². The van der Waals surface area contributed by atoms with Crippen molar-refractivity contribution in [3.8, 4) is 0 Å². The number of oxazole rings is 1. The molecule has 0 atom stereocenters. The van der Waals surface area contributed by atoms with Crippen LogP contribution in [0.25, 0.3) is 11.1 Å². The lowest BCUT2D eigenvalue weighted by Crippen LogP contribution is -2.22. The Bertz CT molecular complexity index is 993. The Morgan fingerprint density at radius 1 is 1.08 bits per heavy atom. The zero-order chi connectivity index (χ0) is 18.8. The molecule has 0 bridgehead atoms. The number of anilines is 1. The van der Waals surface area contributed by atoms with Crippen LogP contribution in [0.5, 0.6) is 0 Å². The molecular weight excluding hydrogens is 360 g/mol. The number of carbonyl (C=O) groups excluding carboxylic acids is 2. The minimum atomic E-state index is -1.78. The van der Waals surface area contributed by atoms with Crippen LogP contribution >= 0.6 is 0 Å². The number of carbonyl (C=O) groups is 2. The summed E-state index contributed by atoms with van der Waals surface area (Å²) in [6, 6.07) is 4.16. The summed E-state index contributed by atoms with van der Waals surface area (Å²) in [4.78, 5) is 27.4. The van der Waals surface area contributed by atoms with Gasteiger partial charge >= 0.3 is 5.97 Å². The number of ether oxygens (including phenoxy) is 1. The van der Waals surface area contributed by atoms with Gasteiger partial charge < -0.3 is 14.5 Å². The van der Waals surface area contributed by atoms with Crippen LogP contribution in [0.1, 0.15) is 10.4 Å². The first-order chi connectivity index (χ1) is 12.4. The lowest BCUT2D eigenvalue weighted by molar-refractivity contribution is -0.119. The Labute approximate surface area is 142 Å². The van der Waals surface area contributed by atoms with Crippen LogP contribution in [-0.2, 0) is 9.53 Å². The number of fused-ring (bicyclic) bond motifs is 1. The summed E-state index contributed by atoms with van der Waals surface area (Å²) in [6.45, 7) is -0.938. The molecule has 0 aliphatic carbocycles. The van der Waals surface area contributed by atoms with Crippen LogP contribution in [0.15, 0.2) is 35.1 Å². The van der Waals surface area contributed by atoms with Crippen LogP contribution in [0.2, 0.25) is 0 Å². The number of hydrogen-bond donors (Lipinski definition) is 1. The van der Waals surface area contributed by atoms with E-state index in [4.69, 9.17) is 4.42 Å². The van der Waals surface area contributed by atoms with Gasteiger partial charge in [-0.15, -0.1) is 0 Å². The number of nitrogens with zero attached hydrogens (tertiary/aromatic N) is 1. The second-order valence-electron chi connectivity index (χ2n) is 5.00. The molecule has 0 saturated heterocycles. The summed E-state index contributed by atoms with van der Waals surface area (Å²) in [6.07, 6.45) is 1.18. The number of amides is 1. The fraction of sp³-hybridized carbons (Fsp3) is 0.0625. The summed E-state index contributed by atoms with van der Waals surface area (Å²) >= 11 is 0. The standard InChI is InChI=1S/C16H8F4N2O4/c17-8-4-9(18)14(20)15(13(8)19)22-12(23)5-25-16(24)7-1-2-11-10(3-7)21-6-26-11/h1-4,6H,5H2,(H,22,23). The number of nitrogens with one attached hydrogen (secondary N) is 1. The van der Waals surface area contributed by atoms with Crippen molar-refractivity contribution >= 4 is 28.7 Å². The normalized spacial score (nSPS) is 10.8. The summed E-state index contributed by atoms with van der Waals surface area (Å²) in [5, 5.41) is 1.62. The number of aromatic nitrogens is 1. The van der Waals surface area contributed by atoms with Crippen molar-refractivity contribution in [2.45, 2.75) is 0 Å². The lowest BCUT2D eigenvalue weighted by atomic mass is 10.2. The highest BCUT2D eigenvalue weighted by molar-refractivity contribution is 5.97. The predicted molar refractivity (Wildman–Crippen MR) is 79.2 cm³/mol. The molecule has 2 aromatic carbocycles. The maximum atomic E-state index is 13.5. The summed E-state index contributed by atoms with van der Waals surface area (Å²) in [5.41, 5.74) is -0.456. The molecule has 0 radical (unpaired) electrons. The maximum absolute atomic E-state index is 13.5. The first kappa shape index (κ1) is 17.4. The molecule has 10 heteroatoms. The minimum Gasteiger partial charge on any atom is -0.452 e. The first-order valence-corrected chi connectivity index (χ1v) is 7.00. The summed E-state index contributed by atoms with van der Waals surface area (Å²) < 4.78 is 62.8. The lowest BCUT2D eigenvalue weighted by Gasteiger charge is -2.09. The average Bonchev–Trinajstić information content (AvgIpc) is 3.09. The molecule has 0 spiro atoms. The average molecular weight is 368 g/mol. The van der Waals surface area contributed by atoms with E-state index in [9.17, 15) is 27.2 Å². The zero-order valence-electron chi connectivity index (χ0n) is 12.7. The summed E-state index contributed by atoms with van der Waals surface area (Å²) in [7, 11) is 0. The van der Waals surface area contributed by atoms with Crippen molar-refractivity contribution < 1.29 is 36.3 Å². The molecule has 134 valence electrons. The third-order valence-electron chi connectivity index (χ3n) is 3.28. The molecule has 1 N–H and O–H groups in total. The SMILES string of the molecule is O=C(COC(=O)c1ccc2ocnc2c1)Nc1c(F)c(F)cc(F)c1F. The maximum Gasteiger partial charge on any atom is 0.338 e. The second kappa shape index (κ2) is 6.82. The van der Waals surface area contributed by atoms with Gasteiger partial charge in [0.05, 0.1) is 5.56 Å².